The smallest absolute Gasteiger partial charge is 0.151 e. The SMILES string of the molecule is COC[C@H](O)[C@H](OC)[C@H](C=O)OC. The van der Waals surface area contributed by atoms with E-state index in [2.05, 4.69) is 0 Å². The molecule has 0 saturated carbocycles. The second-order valence-corrected chi connectivity index (χ2v) is 2.56. The van der Waals surface area contributed by atoms with Gasteiger partial charge in [-0.3, -0.25) is 0 Å². The van der Waals surface area contributed by atoms with Gasteiger partial charge in [0.05, 0.1) is 6.61 Å². The summed E-state index contributed by atoms with van der Waals surface area (Å²) in [6.45, 7) is 0.103. The molecule has 0 aromatic carbocycles. The third-order valence-electron chi connectivity index (χ3n) is 1.72. The molecule has 0 bridgehead atoms. The highest BCUT2D eigenvalue weighted by molar-refractivity contribution is 5.57. The zero-order chi connectivity index (χ0) is 10.3. The van der Waals surface area contributed by atoms with Gasteiger partial charge in [-0.05, 0) is 0 Å². The third-order valence-corrected chi connectivity index (χ3v) is 1.72. The molecule has 0 radical (unpaired) electrons. The molecule has 3 atom stereocenters. The van der Waals surface area contributed by atoms with Crippen LogP contribution in [0.15, 0.2) is 0 Å². The lowest BCUT2D eigenvalue weighted by Gasteiger charge is -2.24. The van der Waals surface area contributed by atoms with Gasteiger partial charge in [-0.2, -0.15) is 0 Å². The molecule has 0 aliphatic carbocycles. The maximum atomic E-state index is 10.5. The molecule has 0 spiro atoms. The van der Waals surface area contributed by atoms with Crippen molar-refractivity contribution in [2.75, 3.05) is 27.9 Å². The topological polar surface area (TPSA) is 65.0 Å². The Morgan fingerprint density at radius 2 is 1.92 bits per heavy atom. The summed E-state index contributed by atoms with van der Waals surface area (Å²) in [6, 6.07) is 0. The van der Waals surface area contributed by atoms with Gasteiger partial charge in [0.25, 0.3) is 0 Å². The lowest BCUT2D eigenvalue weighted by molar-refractivity contribution is -0.138. The van der Waals surface area contributed by atoms with Gasteiger partial charge in [-0.15, -0.1) is 0 Å². The number of aliphatic hydroxyl groups excluding tert-OH is 1. The lowest BCUT2D eigenvalue weighted by atomic mass is 10.1. The number of methoxy groups -OCH3 is 3. The summed E-state index contributed by atoms with van der Waals surface area (Å²) in [7, 11) is 4.24. The first-order chi connectivity index (χ1) is 6.21. The molecule has 78 valence electrons. The number of rotatable bonds is 7. The van der Waals surface area contributed by atoms with E-state index in [1.807, 2.05) is 0 Å². The molecular formula is C8H16O5. The van der Waals surface area contributed by atoms with Crippen molar-refractivity contribution in [3.05, 3.63) is 0 Å². The quantitative estimate of drug-likeness (QED) is 0.536. The Morgan fingerprint density at radius 1 is 1.31 bits per heavy atom. The van der Waals surface area contributed by atoms with Crippen molar-refractivity contribution in [3.8, 4) is 0 Å². The number of carbonyl (C=O) groups excluding carboxylic acids is 1. The summed E-state index contributed by atoms with van der Waals surface area (Å²) in [5, 5.41) is 9.45. The molecule has 0 rings (SSSR count). The van der Waals surface area contributed by atoms with Crippen LogP contribution < -0.4 is 0 Å². The fraction of sp³-hybridized carbons (Fsp3) is 0.875. The number of hydrogen-bond donors (Lipinski definition) is 1. The highest BCUT2D eigenvalue weighted by Gasteiger charge is 2.27. The summed E-state index contributed by atoms with van der Waals surface area (Å²) in [4.78, 5) is 10.5. The number of aliphatic hydroxyl groups is 1. The largest absolute Gasteiger partial charge is 0.388 e. The van der Waals surface area contributed by atoms with Crippen LogP contribution in [0.1, 0.15) is 0 Å². The first kappa shape index (κ1) is 12.5. The Kier molecular flexibility index (Phi) is 6.70. The van der Waals surface area contributed by atoms with Gasteiger partial charge in [0.15, 0.2) is 6.29 Å². The van der Waals surface area contributed by atoms with Crippen LogP contribution in [0.4, 0.5) is 0 Å². The number of aldehydes is 1. The van der Waals surface area contributed by atoms with Crippen LogP contribution in [0, 0.1) is 0 Å². The van der Waals surface area contributed by atoms with E-state index in [-0.39, 0.29) is 6.61 Å². The molecule has 1 N–H and O–H groups in total. The average molecular weight is 192 g/mol. The van der Waals surface area contributed by atoms with Crippen LogP contribution >= 0.6 is 0 Å². The van der Waals surface area contributed by atoms with Crippen LogP contribution in [-0.2, 0) is 19.0 Å². The summed E-state index contributed by atoms with van der Waals surface area (Å²) in [5.74, 6) is 0. The molecule has 0 heterocycles. The standard InChI is InChI=1S/C8H16O5/c1-11-5-6(10)8(13-3)7(4-9)12-2/h4,6-8,10H,5H2,1-3H3/t6-,7-,8-/m0/s1. The minimum Gasteiger partial charge on any atom is -0.388 e. The molecule has 0 aliphatic rings. The third kappa shape index (κ3) is 3.82. The Morgan fingerprint density at radius 3 is 2.23 bits per heavy atom. The predicted octanol–water partition coefficient (Wildman–Crippen LogP) is -0.777. The van der Waals surface area contributed by atoms with E-state index >= 15 is 0 Å². The molecule has 5 nitrogen and oxygen atoms in total. The second kappa shape index (κ2) is 6.97. The maximum absolute atomic E-state index is 10.5. The minimum atomic E-state index is -0.870. The Bertz CT molecular complexity index is 138. The summed E-state index contributed by atoms with van der Waals surface area (Å²) in [6.07, 6.45) is -1.74. The van der Waals surface area contributed by atoms with Crippen molar-refractivity contribution in [1.82, 2.24) is 0 Å². The van der Waals surface area contributed by atoms with Crippen molar-refractivity contribution in [2.24, 2.45) is 0 Å². The fourth-order valence-corrected chi connectivity index (χ4v) is 1.04. The van der Waals surface area contributed by atoms with Gasteiger partial charge < -0.3 is 24.1 Å². The monoisotopic (exact) mass is 192 g/mol. The second-order valence-electron chi connectivity index (χ2n) is 2.56. The van der Waals surface area contributed by atoms with Crippen molar-refractivity contribution >= 4 is 6.29 Å². The van der Waals surface area contributed by atoms with E-state index in [1.54, 1.807) is 0 Å². The van der Waals surface area contributed by atoms with Crippen LogP contribution in [0.5, 0.6) is 0 Å². The van der Waals surface area contributed by atoms with E-state index in [0.717, 1.165) is 0 Å². The molecule has 0 fully saturated rings. The molecular weight excluding hydrogens is 176 g/mol. The highest BCUT2D eigenvalue weighted by Crippen LogP contribution is 2.06. The first-order valence-corrected chi connectivity index (χ1v) is 3.89. The Hall–Kier alpha value is -0.490. The number of ether oxygens (including phenoxy) is 3. The van der Waals surface area contributed by atoms with Gasteiger partial charge in [0.2, 0.25) is 0 Å². The summed E-state index contributed by atoms with van der Waals surface area (Å²) < 4.78 is 14.5. The van der Waals surface area contributed by atoms with Gasteiger partial charge in [-0.25, -0.2) is 0 Å². The molecule has 0 amide bonds. The van der Waals surface area contributed by atoms with Crippen molar-refractivity contribution < 1.29 is 24.1 Å². The minimum absolute atomic E-state index is 0.103. The van der Waals surface area contributed by atoms with Crippen LogP contribution in [-0.4, -0.2) is 57.6 Å². The summed E-state index contributed by atoms with van der Waals surface area (Å²) >= 11 is 0. The molecule has 0 aromatic rings. The zero-order valence-electron chi connectivity index (χ0n) is 8.10. The highest BCUT2D eigenvalue weighted by atomic mass is 16.5. The van der Waals surface area contributed by atoms with E-state index in [9.17, 15) is 9.90 Å². The van der Waals surface area contributed by atoms with E-state index in [1.165, 1.54) is 21.3 Å². The number of carbonyl (C=O) groups is 1. The summed E-state index contributed by atoms with van der Waals surface area (Å²) in [5.41, 5.74) is 0. The van der Waals surface area contributed by atoms with E-state index < -0.39 is 18.3 Å². The zero-order valence-corrected chi connectivity index (χ0v) is 8.10. The van der Waals surface area contributed by atoms with Gasteiger partial charge in [-0.1, -0.05) is 0 Å². The Balaban J connectivity index is 4.19. The first-order valence-electron chi connectivity index (χ1n) is 3.89. The Labute approximate surface area is 77.6 Å². The normalized spacial score (nSPS) is 17.8. The van der Waals surface area contributed by atoms with Crippen molar-refractivity contribution in [1.29, 1.82) is 0 Å². The van der Waals surface area contributed by atoms with E-state index in [0.29, 0.717) is 6.29 Å². The molecule has 13 heavy (non-hydrogen) atoms. The molecule has 5 heteroatoms. The van der Waals surface area contributed by atoms with Crippen molar-refractivity contribution in [2.45, 2.75) is 18.3 Å². The molecule has 0 unspecified atom stereocenters. The van der Waals surface area contributed by atoms with E-state index in [4.69, 9.17) is 14.2 Å². The number of hydrogen-bond acceptors (Lipinski definition) is 5. The fourth-order valence-electron chi connectivity index (χ4n) is 1.04. The molecule has 0 saturated heterocycles. The lowest BCUT2D eigenvalue weighted by Crippen LogP contribution is -2.43. The molecule has 0 aliphatic heterocycles. The van der Waals surface area contributed by atoms with Gasteiger partial charge in [0, 0.05) is 21.3 Å². The van der Waals surface area contributed by atoms with Crippen LogP contribution in [0.2, 0.25) is 0 Å². The predicted molar refractivity (Wildman–Crippen MR) is 45.5 cm³/mol. The average Bonchev–Trinajstić information content (AvgIpc) is 2.14. The van der Waals surface area contributed by atoms with Gasteiger partial charge in [0.1, 0.15) is 18.3 Å². The van der Waals surface area contributed by atoms with Gasteiger partial charge >= 0.3 is 0 Å². The van der Waals surface area contributed by atoms with Crippen LogP contribution in [0.3, 0.4) is 0 Å². The van der Waals surface area contributed by atoms with Crippen molar-refractivity contribution in [3.63, 3.8) is 0 Å². The molecule has 0 aromatic heterocycles. The van der Waals surface area contributed by atoms with Crippen LogP contribution in [0.25, 0.3) is 0 Å². The maximum Gasteiger partial charge on any atom is 0.151 e.